The van der Waals surface area contributed by atoms with Gasteiger partial charge in [-0.3, -0.25) is 0 Å². The largest absolute Gasteiger partial charge is 0.377 e. The summed E-state index contributed by atoms with van der Waals surface area (Å²) in [6, 6.07) is 7.11. The maximum Gasteiger partial charge on any atom is 0.332 e. The van der Waals surface area contributed by atoms with Crippen LogP contribution in [0.4, 0.5) is 4.79 Å². The Kier molecular flexibility index (Phi) is 7.27. The van der Waals surface area contributed by atoms with Crippen molar-refractivity contribution in [1.82, 2.24) is 5.43 Å². The number of carbonyl (C=O) groups excluding carboxylic acids is 1. The molecule has 2 amide bonds. The summed E-state index contributed by atoms with van der Waals surface area (Å²) in [5.74, 6) is 0. The van der Waals surface area contributed by atoms with Crippen LogP contribution in [0.25, 0.3) is 0 Å². The molecule has 1 aromatic carbocycles. The van der Waals surface area contributed by atoms with Crippen molar-refractivity contribution in [3.63, 3.8) is 0 Å². The van der Waals surface area contributed by atoms with Gasteiger partial charge in [-0.15, -0.1) is 0 Å². The number of hydrogen-bond acceptors (Lipinski definition) is 3. The van der Waals surface area contributed by atoms with Gasteiger partial charge in [-0.05, 0) is 23.6 Å². The summed E-state index contributed by atoms with van der Waals surface area (Å²) in [5.41, 5.74) is 9.04. The van der Waals surface area contributed by atoms with E-state index in [0.29, 0.717) is 6.61 Å². The van der Waals surface area contributed by atoms with Crippen LogP contribution >= 0.6 is 0 Å². The molecule has 0 aliphatic rings. The highest BCUT2D eigenvalue weighted by Gasteiger charge is 1.95. The monoisotopic (exact) mass is 263 g/mol. The average molecular weight is 263 g/mol. The van der Waals surface area contributed by atoms with Gasteiger partial charge in [-0.2, -0.15) is 5.10 Å². The molecule has 0 unspecified atom stereocenters. The molecule has 0 aliphatic heterocycles. The standard InChI is InChI=1S/C14H21N3O2/c1-2-3-4-8-19-11-13-7-5-6-12(9-13)10-16-17-14(15)18/h5-7,9-10H,2-4,8,11H2,1H3,(H3,15,17,18). The summed E-state index contributed by atoms with van der Waals surface area (Å²) in [4.78, 5) is 10.5. The Labute approximate surface area is 113 Å². The molecule has 5 heteroatoms. The fourth-order valence-electron chi connectivity index (χ4n) is 1.58. The van der Waals surface area contributed by atoms with Crippen molar-refractivity contribution in [3.8, 4) is 0 Å². The maximum atomic E-state index is 10.5. The normalized spacial score (nSPS) is 10.8. The van der Waals surface area contributed by atoms with Crippen molar-refractivity contribution in [3.05, 3.63) is 35.4 Å². The number of urea groups is 1. The third-order valence-corrected chi connectivity index (χ3v) is 2.50. The average Bonchev–Trinajstić information content (AvgIpc) is 2.39. The van der Waals surface area contributed by atoms with E-state index in [1.54, 1.807) is 6.21 Å². The molecule has 19 heavy (non-hydrogen) atoms. The number of unbranched alkanes of at least 4 members (excludes halogenated alkanes) is 2. The lowest BCUT2D eigenvalue weighted by Crippen LogP contribution is -2.24. The highest BCUT2D eigenvalue weighted by molar-refractivity contribution is 5.81. The maximum absolute atomic E-state index is 10.5. The van der Waals surface area contributed by atoms with Crippen LogP contribution in [0, 0.1) is 0 Å². The third kappa shape index (κ3) is 7.21. The van der Waals surface area contributed by atoms with Gasteiger partial charge in [0, 0.05) is 6.61 Å². The number of ether oxygens (including phenoxy) is 1. The molecule has 0 atom stereocenters. The third-order valence-electron chi connectivity index (χ3n) is 2.50. The first-order chi connectivity index (χ1) is 9.22. The van der Waals surface area contributed by atoms with E-state index in [9.17, 15) is 4.79 Å². The van der Waals surface area contributed by atoms with Crippen molar-refractivity contribution in [1.29, 1.82) is 0 Å². The Hall–Kier alpha value is -1.88. The first-order valence-corrected chi connectivity index (χ1v) is 6.47. The number of nitrogens with two attached hydrogens (primary N) is 1. The van der Waals surface area contributed by atoms with E-state index < -0.39 is 6.03 Å². The highest BCUT2D eigenvalue weighted by atomic mass is 16.5. The van der Waals surface area contributed by atoms with Gasteiger partial charge in [-0.25, -0.2) is 10.2 Å². The van der Waals surface area contributed by atoms with Gasteiger partial charge in [0.25, 0.3) is 0 Å². The van der Waals surface area contributed by atoms with Crippen molar-refractivity contribution in [2.24, 2.45) is 10.8 Å². The summed E-state index contributed by atoms with van der Waals surface area (Å²) in [7, 11) is 0. The molecule has 0 aromatic heterocycles. The first-order valence-electron chi connectivity index (χ1n) is 6.47. The SMILES string of the molecule is CCCCCOCc1cccc(C=NNC(N)=O)c1. The predicted octanol–water partition coefficient (Wildman–Crippen LogP) is 2.40. The van der Waals surface area contributed by atoms with Gasteiger partial charge in [-0.1, -0.05) is 38.0 Å². The van der Waals surface area contributed by atoms with Crippen LogP contribution in [0.1, 0.15) is 37.3 Å². The van der Waals surface area contributed by atoms with Gasteiger partial charge >= 0.3 is 6.03 Å². The number of benzene rings is 1. The number of nitrogens with zero attached hydrogens (tertiary/aromatic N) is 1. The van der Waals surface area contributed by atoms with E-state index in [0.717, 1.165) is 24.2 Å². The number of rotatable bonds is 8. The van der Waals surface area contributed by atoms with Crippen molar-refractivity contribution in [2.75, 3.05) is 6.61 Å². The molecule has 1 aromatic rings. The van der Waals surface area contributed by atoms with E-state index in [1.807, 2.05) is 24.3 Å². The number of amides is 2. The molecule has 0 fully saturated rings. The van der Waals surface area contributed by atoms with Crippen molar-refractivity contribution >= 4 is 12.2 Å². The fourth-order valence-corrected chi connectivity index (χ4v) is 1.58. The van der Waals surface area contributed by atoms with E-state index in [-0.39, 0.29) is 0 Å². The minimum absolute atomic E-state index is 0.592. The second-order valence-electron chi connectivity index (χ2n) is 4.24. The van der Waals surface area contributed by atoms with Crippen molar-refractivity contribution in [2.45, 2.75) is 32.8 Å². The van der Waals surface area contributed by atoms with Crippen LogP contribution in [0.3, 0.4) is 0 Å². The fraction of sp³-hybridized carbons (Fsp3) is 0.429. The molecule has 3 N–H and O–H groups in total. The number of nitrogens with one attached hydrogen (secondary N) is 1. The topological polar surface area (TPSA) is 76.7 Å². The summed E-state index contributed by atoms with van der Waals surface area (Å²) >= 11 is 0. The molecule has 0 aliphatic carbocycles. The molecule has 0 spiro atoms. The van der Waals surface area contributed by atoms with Crippen LogP contribution in [-0.4, -0.2) is 18.9 Å². The molecular formula is C14H21N3O2. The van der Waals surface area contributed by atoms with Crippen LogP contribution in [0.5, 0.6) is 0 Å². The lowest BCUT2D eigenvalue weighted by Gasteiger charge is -2.04. The quantitative estimate of drug-likeness (QED) is 0.429. The summed E-state index contributed by atoms with van der Waals surface area (Å²) in [6.45, 7) is 3.55. The molecule has 0 saturated heterocycles. The van der Waals surface area contributed by atoms with Gasteiger partial charge in [0.1, 0.15) is 0 Å². The second-order valence-corrected chi connectivity index (χ2v) is 4.24. The Morgan fingerprint density at radius 3 is 3.05 bits per heavy atom. The molecule has 0 saturated carbocycles. The Bertz CT molecular complexity index is 419. The van der Waals surface area contributed by atoms with E-state index >= 15 is 0 Å². The van der Waals surface area contributed by atoms with Gasteiger partial charge in [0.2, 0.25) is 0 Å². The second kappa shape index (κ2) is 9.10. The minimum atomic E-state index is -0.674. The first kappa shape index (κ1) is 15.2. The molecule has 0 heterocycles. The summed E-state index contributed by atoms with van der Waals surface area (Å²) < 4.78 is 5.59. The van der Waals surface area contributed by atoms with E-state index in [2.05, 4.69) is 17.5 Å². The number of hydrogen-bond donors (Lipinski definition) is 2. The van der Waals surface area contributed by atoms with Crippen LogP contribution in [0.2, 0.25) is 0 Å². The molecule has 1 rings (SSSR count). The Balaban J connectivity index is 2.39. The van der Waals surface area contributed by atoms with Crippen LogP contribution < -0.4 is 11.2 Å². The molecule has 104 valence electrons. The summed E-state index contributed by atoms with van der Waals surface area (Å²) in [6.07, 6.45) is 5.04. The zero-order valence-electron chi connectivity index (χ0n) is 11.3. The zero-order valence-corrected chi connectivity index (χ0v) is 11.3. The number of primary amides is 1. The molecule has 5 nitrogen and oxygen atoms in total. The van der Waals surface area contributed by atoms with Gasteiger partial charge < -0.3 is 10.5 Å². The van der Waals surface area contributed by atoms with E-state index in [1.165, 1.54) is 12.8 Å². The summed E-state index contributed by atoms with van der Waals surface area (Å²) in [5, 5.41) is 3.71. The van der Waals surface area contributed by atoms with E-state index in [4.69, 9.17) is 10.5 Å². The van der Waals surface area contributed by atoms with Crippen LogP contribution in [0.15, 0.2) is 29.4 Å². The van der Waals surface area contributed by atoms with Gasteiger partial charge in [0.15, 0.2) is 0 Å². The lowest BCUT2D eigenvalue weighted by atomic mass is 10.1. The molecular weight excluding hydrogens is 242 g/mol. The van der Waals surface area contributed by atoms with Crippen molar-refractivity contribution < 1.29 is 9.53 Å². The number of hydrazone groups is 1. The minimum Gasteiger partial charge on any atom is -0.377 e. The smallest absolute Gasteiger partial charge is 0.332 e. The highest BCUT2D eigenvalue weighted by Crippen LogP contribution is 2.06. The Morgan fingerprint density at radius 1 is 1.47 bits per heavy atom. The Morgan fingerprint density at radius 2 is 2.32 bits per heavy atom. The predicted molar refractivity (Wildman–Crippen MR) is 75.9 cm³/mol. The molecule has 0 radical (unpaired) electrons. The van der Waals surface area contributed by atoms with Crippen LogP contribution in [-0.2, 0) is 11.3 Å². The number of carbonyl (C=O) groups is 1. The zero-order chi connectivity index (χ0) is 13.9. The molecule has 0 bridgehead atoms. The van der Waals surface area contributed by atoms with Gasteiger partial charge in [0.05, 0.1) is 12.8 Å². The lowest BCUT2D eigenvalue weighted by molar-refractivity contribution is 0.117.